The third-order valence-electron chi connectivity index (χ3n) is 3.74. The van der Waals surface area contributed by atoms with Crippen molar-refractivity contribution in [1.29, 1.82) is 0 Å². The van der Waals surface area contributed by atoms with Gasteiger partial charge in [-0.2, -0.15) is 0 Å². The largest absolute Gasteiger partial charge is 0.477 e. The summed E-state index contributed by atoms with van der Waals surface area (Å²) in [5, 5.41) is 1.08. The number of hydrogen-bond donors (Lipinski definition) is 1. The Morgan fingerprint density at radius 2 is 2.04 bits per heavy atom. The number of aromatic amines is 1. The van der Waals surface area contributed by atoms with Crippen LogP contribution in [0.2, 0.25) is 0 Å². The van der Waals surface area contributed by atoms with Gasteiger partial charge >= 0.3 is 0 Å². The molecule has 0 spiro atoms. The van der Waals surface area contributed by atoms with Crippen LogP contribution in [0.4, 0.5) is 0 Å². The predicted molar refractivity (Wildman–Crippen MR) is 91.5 cm³/mol. The Morgan fingerprint density at radius 3 is 2.88 bits per heavy atom. The first-order chi connectivity index (χ1) is 11.8. The molecule has 0 aliphatic heterocycles. The van der Waals surface area contributed by atoms with E-state index >= 15 is 0 Å². The lowest BCUT2D eigenvalue weighted by Crippen LogP contribution is -1.96. The molecule has 0 saturated carbocycles. The zero-order valence-corrected chi connectivity index (χ0v) is 13.1. The number of nitrogens with zero attached hydrogens (tertiary/aromatic N) is 4. The number of fused-ring (bicyclic) bond motifs is 1. The van der Waals surface area contributed by atoms with Gasteiger partial charge in [0.05, 0.1) is 30.4 Å². The van der Waals surface area contributed by atoms with Crippen molar-refractivity contribution in [2.24, 2.45) is 0 Å². The first kappa shape index (κ1) is 14.3. The van der Waals surface area contributed by atoms with Crippen LogP contribution in [0.1, 0.15) is 6.92 Å². The summed E-state index contributed by atoms with van der Waals surface area (Å²) in [6.45, 7) is 2.49. The highest BCUT2D eigenvalue weighted by Gasteiger charge is 2.10. The van der Waals surface area contributed by atoms with E-state index in [0.717, 1.165) is 33.4 Å². The standard InChI is InChI=1S/C18H15N5O/c1-2-24-18-10-20-9-17(23-18)12-3-4-15-13(7-12)14(8-21-15)16-5-6-19-11-22-16/h3-11,21H,2H2,1H3. The summed E-state index contributed by atoms with van der Waals surface area (Å²) in [4.78, 5) is 20.3. The lowest BCUT2D eigenvalue weighted by molar-refractivity contribution is 0.325. The van der Waals surface area contributed by atoms with Gasteiger partial charge in [-0.3, -0.25) is 4.98 Å². The quantitative estimate of drug-likeness (QED) is 0.623. The van der Waals surface area contributed by atoms with Crippen LogP contribution < -0.4 is 4.74 Å². The van der Waals surface area contributed by atoms with Gasteiger partial charge in [0, 0.05) is 34.4 Å². The minimum Gasteiger partial charge on any atom is -0.477 e. The molecule has 0 unspecified atom stereocenters. The average molecular weight is 317 g/mol. The first-order valence-corrected chi connectivity index (χ1v) is 7.68. The fourth-order valence-corrected chi connectivity index (χ4v) is 2.65. The fourth-order valence-electron chi connectivity index (χ4n) is 2.65. The molecule has 1 N–H and O–H groups in total. The second-order valence-corrected chi connectivity index (χ2v) is 5.23. The maximum atomic E-state index is 5.44. The van der Waals surface area contributed by atoms with Gasteiger partial charge in [-0.1, -0.05) is 6.07 Å². The Labute approximate surface area is 138 Å². The number of H-pyrrole nitrogens is 1. The molecule has 0 bridgehead atoms. The van der Waals surface area contributed by atoms with Crippen molar-refractivity contribution in [3.63, 3.8) is 0 Å². The molecule has 1 aromatic carbocycles. The van der Waals surface area contributed by atoms with E-state index in [0.29, 0.717) is 12.5 Å². The van der Waals surface area contributed by atoms with Crippen molar-refractivity contribution in [3.8, 4) is 28.4 Å². The van der Waals surface area contributed by atoms with Gasteiger partial charge < -0.3 is 9.72 Å². The predicted octanol–water partition coefficient (Wildman–Crippen LogP) is 3.48. The SMILES string of the molecule is CCOc1cncc(-c2ccc3[nH]cc(-c4ccncn4)c3c2)n1. The molecule has 6 heteroatoms. The van der Waals surface area contributed by atoms with E-state index in [1.807, 2.05) is 31.3 Å². The summed E-state index contributed by atoms with van der Waals surface area (Å²) in [5.74, 6) is 0.528. The van der Waals surface area contributed by atoms with Crippen molar-refractivity contribution in [2.75, 3.05) is 6.61 Å². The zero-order chi connectivity index (χ0) is 16.4. The van der Waals surface area contributed by atoms with E-state index in [-0.39, 0.29) is 0 Å². The number of rotatable bonds is 4. The lowest BCUT2D eigenvalue weighted by atomic mass is 10.1. The first-order valence-electron chi connectivity index (χ1n) is 7.68. The van der Waals surface area contributed by atoms with Crippen LogP contribution in [0, 0.1) is 0 Å². The Morgan fingerprint density at radius 1 is 1.08 bits per heavy atom. The minimum absolute atomic E-state index is 0.528. The van der Waals surface area contributed by atoms with Crippen LogP contribution in [0.15, 0.2) is 55.4 Å². The molecule has 0 aliphatic rings. The van der Waals surface area contributed by atoms with Crippen molar-refractivity contribution < 1.29 is 4.74 Å². The molecule has 0 atom stereocenters. The number of nitrogens with one attached hydrogen (secondary N) is 1. The summed E-state index contributed by atoms with van der Waals surface area (Å²) in [5.41, 5.74) is 4.70. The van der Waals surface area contributed by atoms with Crippen LogP contribution >= 0.6 is 0 Å². The van der Waals surface area contributed by atoms with Crippen LogP contribution in [0.3, 0.4) is 0 Å². The molecule has 0 saturated heterocycles. The molecule has 6 nitrogen and oxygen atoms in total. The molecule has 24 heavy (non-hydrogen) atoms. The van der Waals surface area contributed by atoms with E-state index in [9.17, 15) is 0 Å². The molecule has 3 aromatic heterocycles. The van der Waals surface area contributed by atoms with E-state index in [1.165, 1.54) is 0 Å². The van der Waals surface area contributed by atoms with Gasteiger partial charge in [0.15, 0.2) is 0 Å². The fraction of sp³-hybridized carbons (Fsp3) is 0.111. The highest BCUT2D eigenvalue weighted by atomic mass is 16.5. The molecule has 3 heterocycles. The van der Waals surface area contributed by atoms with Gasteiger partial charge in [-0.25, -0.2) is 15.0 Å². The monoisotopic (exact) mass is 317 g/mol. The molecule has 0 fully saturated rings. The minimum atomic E-state index is 0.528. The number of aromatic nitrogens is 5. The third kappa shape index (κ3) is 2.58. The summed E-state index contributed by atoms with van der Waals surface area (Å²) in [7, 11) is 0. The Kier molecular flexibility index (Phi) is 3.63. The lowest BCUT2D eigenvalue weighted by Gasteiger charge is -2.05. The second-order valence-electron chi connectivity index (χ2n) is 5.23. The molecule has 0 radical (unpaired) electrons. The van der Waals surface area contributed by atoms with Crippen LogP contribution in [-0.2, 0) is 0 Å². The van der Waals surface area contributed by atoms with Crippen molar-refractivity contribution in [3.05, 3.63) is 55.4 Å². The molecule has 118 valence electrons. The highest BCUT2D eigenvalue weighted by Crippen LogP contribution is 2.30. The van der Waals surface area contributed by atoms with Gasteiger partial charge in [0.2, 0.25) is 5.88 Å². The molecular weight excluding hydrogens is 302 g/mol. The van der Waals surface area contributed by atoms with E-state index in [2.05, 4.69) is 31.0 Å². The summed E-state index contributed by atoms with van der Waals surface area (Å²) < 4.78 is 5.44. The number of benzene rings is 1. The summed E-state index contributed by atoms with van der Waals surface area (Å²) >= 11 is 0. The number of hydrogen-bond acceptors (Lipinski definition) is 5. The van der Waals surface area contributed by atoms with E-state index in [4.69, 9.17) is 4.74 Å². The van der Waals surface area contributed by atoms with E-state index < -0.39 is 0 Å². The summed E-state index contributed by atoms with van der Waals surface area (Å²) in [6, 6.07) is 8.03. The Balaban J connectivity index is 1.82. The van der Waals surface area contributed by atoms with Crippen molar-refractivity contribution in [1.82, 2.24) is 24.9 Å². The molecule has 0 aliphatic carbocycles. The number of ether oxygens (including phenoxy) is 1. The smallest absolute Gasteiger partial charge is 0.232 e. The van der Waals surface area contributed by atoms with Crippen molar-refractivity contribution in [2.45, 2.75) is 6.92 Å². The van der Waals surface area contributed by atoms with Gasteiger partial charge in [0.1, 0.15) is 6.33 Å². The van der Waals surface area contributed by atoms with Crippen molar-refractivity contribution >= 4 is 10.9 Å². The second kappa shape index (κ2) is 6.08. The van der Waals surface area contributed by atoms with Crippen LogP contribution in [0.25, 0.3) is 33.4 Å². The van der Waals surface area contributed by atoms with Crippen LogP contribution in [-0.4, -0.2) is 31.5 Å². The molecule has 4 aromatic rings. The maximum Gasteiger partial charge on any atom is 0.232 e. The Bertz CT molecular complexity index is 981. The highest BCUT2D eigenvalue weighted by molar-refractivity contribution is 5.96. The summed E-state index contributed by atoms with van der Waals surface area (Å²) in [6.07, 6.45) is 8.60. The topological polar surface area (TPSA) is 76.6 Å². The van der Waals surface area contributed by atoms with Crippen LogP contribution in [0.5, 0.6) is 5.88 Å². The Hall–Kier alpha value is -3.28. The average Bonchev–Trinajstić information content (AvgIpc) is 3.06. The molecule has 0 amide bonds. The third-order valence-corrected chi connectivity index (χ3v) is 3.74. The normalized spacial score (nSPS) is 10.9. The van der Waals surface area contributed by atoms with Gasteiger partial charge in [-0.05, 0) is 25.1 Å². The molecular formula is C18H15N5O. The van der Waals surface area contributed by atoms with Gasteiger partial charge in [-0.15, -0.1) is 0 Å². The molecule has 4 rings (SSSR count). The van der Waals surface area contributed by atoms with Gasteiger partial charge in [0.25, 0.3) is 0 Å². The maximum absolute atomic E-state index is 5.44. The zero-order valence-electron chi connectivity index (χ0n) is 13.1. The van der Waals surface area contributed by atoms with E-state index in [1.54, 1.807) is 24.9 Å².